The van der Waals surface area contributed by atoms with Crippen LogP contribution in [-0.4, -0.2) is 102 Å². The number of piperidine rings is 1. The molecule has 46 heavy (non-hydrogen) atoms. The molecule has 1 aliphatic heterocycles. The molecule has 3 rings (SSSR count). The van der Waals surface area contributed by atoms with E-state index < -0.39 is 29.5 Å². The van der Waals surface area contributed by atoms with E-state index in [0.717, 1.165) is 17.5 Å². The van der Waals surface area contributed by atoms with Gasteiger partial charge >= 0.3 is 12.1 Å². The van der Waals surface area contributed by atoms with Crippen LogP contribution < -0.4 is 10.6 Å². The SMILES string of the molecule is CCc1cccc(-c2cnc(C(=O)NCCOCCC(=O)O)c(NC(=O)CN(CC3CCN(C)C(=O)C3)C(=O)OC(C)(C)C)c2)c1. The number of carbonyl (C=O) groups is 5. The zero-order valence-corrected chi connectivity index (χ0v) is 27.3. The monoisotopic (exact) mass is 639 g/mol. The van der Waals surface area contributed by atoms with Gasteiger partial charge in [0.05, 0.1) is 25.3 Å². The third kappa shape index (κ3) is 11.4. The Morgan fingerprint density at radius 1 is 1.13 bits per heavy atom. The molecule has 0 spiro atoms. The molecule has 3 N–H and O–H groups in total. The van der Waals surface area contributed by atoms with Crippen molar-refractivity contribution in [2.24, 2.45) is 5.92 Å². The van der Waals surface area contributed by atoms with Gasteiger partial charge in [-0.3, -0.25) is 24.1 Å². The molecule has 1 unspecified atom stereocenters. The van der Waals surface area contributed by atoms with E-state index in [2.05, 4.69) is 15.6 Å². The molecule has 4 amide bonds. The molecule has 0 aliphatic carbocycles. The molecule has 1 aromatic heterocycles. The number of hydrogen-bond acceptors (Lipinski definition) is 8. The van der Waals surface area contributed by atoms with Gasteiger partial charge < -0.3 is 30.1 Å². The van der Waals surface area contributed by atoms with Crippen LogP contribution in [0.2, 0.25) is 0 Å². The predicted molar refractivity (Wildman–Crippen MR) is 171 cm³/mol. The lowest BCUT2D eigenvalue weighted by molar-refractivity contribution is -0.138. The number of pyridine rings is 1. The highest BCUT2D eigenvalue weighted by Gasteiger charge is 2.30. The van der Waals surface area contributed by atoms with E-state index in [-0.39, 0.29) is 68.9 Å². The first-order chi connectivity index (χ1) is 21.8. The quantitative estimate of drug-likeness (QED) is 0.262. The summed E-state index contributed by atoms with van der Waals surface area (Å²) in [5.74, 6) is -2.29. The zero-order chi connectivity index (χ0) is 33.9. The average molecular weight is 640 g/mol. The molecule has 1 fully saturated rings. The fourth-order valence-corrected chi connectivity index (χ4v) is 4.82. The van der Waals surface area contributed by atoms with Crippen LogP contribution in [0, 0.1) is 5.92 Å². The van der Waals surface area contributed by atoms with Crippen molar-refractivity contribution in [2.75, 3.05) is 51.8 Å². The molecule has 250 valence electrons. The topological polar surface area (TPSA) is 167 Å². The number of carboxylic acid groups (broad SMARTS) is 1. The average Bonchev–Trinajstić information content (AvgIpc) is 2.99. The second-order valence-electron chi connectivity index (χ2n) is 12.3. The number of aromatic nitrogens is 1. The summed E-state index contributed by atoms with van der Waals surface area (Å²) < 4.78 is 10.8. The molecule has 0 radical (unpaired) electrons. The van der Waals surface area contributed by atoms with Crippen molar-refractivity contribution in [1.82, 2.24) is 20.1 Å². The molecule has 13 nitrogen and oxygen atoms in total. The number of nitrogens with one attached hydrogen (secondary N) is 2. The number of hydrogen-bond donors (Lipinski definition) is 3. The van der Waals surface area contributed by atoms with Gasteiger partial charge in [0.15, 0.2) is 5.69 Å². The van der Waals surface area contributed by atoms with Crippen molar-refractivity contribution in [1.29, 1.82) is 0 Å². The van der Waals surface area contributed by atoms with E-state index in [1.807, 2.05) is 31.2 Å². The van der Waals surface area contributed by atoms with E-state index in [1.165, 1.54) is 4.90 Å². The summed E-state index contributed by atoms with van der Waals surface area (Å²) in [4.78, 5) is 70.1. The summed E-state index contributed by atoms with van der Waals surface area (Å²) in [6.45, 7) is 7.76. The lowest BCUT2D eigenvalue weighted by atomic mass is 9.96. The maximum absolute atomic E-state index is 13.5. The molecule has 0 saturated carbocycles. The van der Waals surface area contributed by atoms with E-state index in [9.17, 15) is 24.0 Å². The van der Waals surface area contributed by atoms with Crippen LogP contribution in [0.15, 0.2) is 36.5 Å². The number of likely N-dealkylation sites (tertiary alicyclic amines) is 1. The summed E-state index contributed by atoms with van der Waals surface area (Å²) in [6.07, 6.45) is 2.47. The summed E-state index contributed by atoms with van der Waals surface area (Å²) in [7, 11) is 1.73. The summed E-state index contributed by atoms with van der Waals surface area (Å²) in [6, 6.07) is 9.49. The van der Waals surface area contributed by atoms with Gasteiger partial charge in [-0.2, -0.15) is 0 Å². The smallest absolute Gasteiger partial charge is 0.410 e. The number of carboxylic acids is 1. The molecular formula is C33H45N5O8. The normalized spacial score (nSPS) is 14.8. The van der Waals surface area contributed by atoms with Gasteiger partial charge in [-0.15, -0.1) is 0 Å². The molecule has 0 bridgehead atoms. The third-order valence-corrected chi connectivity index (χ3v) is 7.26. The first-order valence-electron chi connectivity index (χ1n) is 15.4. The van der Waals surface area contributed by atoms with Gasteiger partial charge in [0, 0.05) is 44.9 Å². The van der Waals surface area contributed by atoms with Crippen LogP contribution >= 0.6 is 0 Å². The lowest BCUT2D eigenvalue weighted by Gasteiger charge is -2.33. The number of aliphatic carboxylic acids is 1. The van der Waals surface area contributed by atoms with Crippen molar-refractivity contribution >= 4 is 35.5 Å². The maximum Gasteiger partial charge on any atom is 0.410 e. The van der Waals surface area contributed by atoms with Gasteiger partial charge in [0.25, 0.3) is 5.91 Å². The Bertz CT molecular complexity index is 1410. The van der Waals surface area contributed by atoms with E-state index in [1.54, 1.807) is 45.0 Å². The molecule has 2 heterocycles. The highest BCUT2D eigenvalue weighted by atomic mass is 16.6. The van der Waals surface area contributed by atoms with E-state index in [0.29, 0.717) is 18.5 Å². The van der Waals surface area contributed by atoms with Crippen molar-refractivity contribution in [3.05, 3.63) is 47.8 Å². The number of benzene rings is 1. The molecule has 1 saturated heterocycles. The van der Waals surface area contributed by atoms with Crippen LogP contribution in [0.1, 0.15) is 63.0 Å². The van der Waals surface area contributed by atoms with Gasteiger partial charge in [0.2, 0.25) is 11.8 Å². The first kappa shape index (κ1) is 36.0. The maximum atomic E-state index is 13.5. The Morgan fingerprint density at radius 2 is 1.89 bits per heavy atom. The highest BCUT2D eigenvalue weighted by Crippen LogP contribution is 2.26. The Balaban J connectivity index is 1.82. The fraction of sp³-hybridized carbons (Fsp3) is 0.515. The lowest BCUT2D eigenvalue weighted by Crippen LogP contribution is -2.46. The first-order valence-corrected chi connectivity index (χ1v) is 15.4. The van der Waals surface area contributed by atoms with Gasteiger partial charge in [0.1, 0.15) is 12.1 Å². The number of rotatable bonds is 14. The third-order valence-electron chi connectivity index (χ3n) is 7.26. The van der Waals surface area contributed by atoms with E-state index in [4.69, 9.17) is 14.6 Å². The number of anilines is 1. The number of amides is 4. The van der Waals surface area contributed by atoms with Crippen molar-refractivity contribution < 1.29 is 38.6 Å². The summed E-state index contributed by atoms with van der Waals surface area (Å²) in [5.41, 5.74) is 1.93. The summed E-state index contributed by atoms with van der Waals surface area (Å²) in [5, 5.41) is 14.2. The standard InChI is InChI=1S/C33H45N5O8/c1-6-22-8-7-9-24(16-22)25-18-26(30(35-19-25)31(43)34-12-15-45-14-11-29(41)42)36-27(39)21-38(32(44)46-33(2,3)4)20-23-10-13-37(5)28(40)17-23/h7-9,16,18-19,23H,6,10-15,17,20-21H2,1-5H3,(H,34,43)(H,36,39)(H,41,42). The van der Waals surface area contributed by atoms with Crippen LogP contribution in [0.25, 0.3) is 11.1 Å². The summed E-state index contributed by atoms with van der Waals surface area (Å²) >= 11 is 0. The van der Waals surface area contributed by atoms with Crippen LogP contribution in [-0.2, 0) is 30.3 Å². The number of nitrogens with zero attached hydrogens (tertiary/aromatic N) is 3. The minimum atomic E-state index is -0.983. The Morgan fingerprint density at radius 3 is 2.57 bits per heavy atom. The Labute approximate surface area is 269 Å². The van der Waals surface area contributed by atoms with Crippen LogP contribution in [0.5, 0.6) is 0 Å². The van der Waals surface area contributed by atoms with Crippen molar-refractivity contribution in [3.8, 4) is 11.1 Å². The van der Waals surface area contributed by atoms with Gasteiger partial charge in [-0.1, -0.05) is 31.2 Å². The predicted octanol–water partition coefficient (Wildman–Crippen LogP) is 3.58. The molecule has 1 aliphatic rings. The highest BCUT2D eigenvalue weighted by molar-refractivity contribution is 6.03. The van der Waals surface area contributed by atoms with E-state index >= 15 is 0 Å². The second kappa shape index (κ2) is 16.7. The Hall–Kier alpha value is -4.52. The van der Waals surface area contributed by atoms with Crippen molar-refractivity contribution in [3.63, 3.8) is 0 Å². The largest absolute Gasteiger partial charge is 0.481 e. The fourth-order valence-electron chi connectivity index (χ4n) is 4.82. The minimum absolute atomic E-state index is 0.0101. The number of aryl methyl sites for hydroxylation is 1. The van der Waals surface area contributed by atoms with Crippen molar-refractivity contribution in [2.45, 2.75) is 59.0 Å². The van der Waals surface area contributed by atoms with Gasteiger partial charge in [-0.05, 0) is 56.7 Å². The molecule has 1 aromatic carbocycles. The molecule has 2 aromatic rings. The number of ether oxygens (including phenoxy) is 2. The van der Waals surface area contributed by atoms with Crippen LogP contribution in [0.4, 0.5) is 10.5 Å². The van der Waals surface area contributed by atoms with Crippen LogP contribution in [0.3, 0.4) is 0 Å². The molecule has 1 atom stereocenters. The molecular weight excluding hydrogens is 594 g/mol. The zero-order valence-electron chi connectivity index (χ0n) is 27.3. The molecule has 13 heteroatoms. The Kier molecular flexibility index (Phi) is 13.0. The second-order valence-corrected chi connectivity index (χ2v) is 12.3. The van der Waals surface area contributed by atoms with Gasteiger partial charge in [-0.25, -0.2) is 9.78 Å². The minimum Gasteiger partial charge on any atom is -0.481 e. The number of carbonyl (C=O) groups excluding carboxylic acids is 4.